The van der Waals surface area contributed by atoms with Crippen molar-refractivity contribution in [3.8, 4) is 5.75 Å². The molecule has 0 saturated carbocycles. The summed E-state index contributed by atoms with van der Waals surface area (Å²) in [5, 5.41) is 14.4. The monoisotopic (exact) mass is 259 g/mol. The van der Waals surface area contributed by atoms with Gasteiger partial charge < -0.3 is 10.4 Å². The zero-order valence-corrected chi connectivity index (χ0v) is 10.7. The first-order chi connectivity index (χ1) is 8.66. The average Bonchev–Trinajstić information content (AvgIpc) is 2.87. The molecule has 0 fully saturated rings. The maximum absolute atomic E-state index is 11.7. The van der Waals surface area contributed by atoms with Crippen molar-refractivity contribution in [1.29, 1.82) is 0 Å². The number of carbonyl (C=O) groups is 1. The van der Waals surface area contributed by atoms with Crippen LogP contribution in [0, 0.1) is 6.92 Å². The number of allylic oxidation sites excluding steroid dienone is 1. The summed E-state index contributed by atoms with van der Waals surface area (Å²) in [6.45, 7) is 1.94. The van der Waals surface area contributed by atoms with Crippen LogP contribution in [0.1, 0.15) is 15.2 Å². The van der Waals surface area contributed by atoms with Crippen LogP contribution >= 0.6 is 11.3 Å². The Hall–Kier alpha value is -2.07. The van der Waals surface area contributed by atoms with Crippen LogP contribution in [0.5, 0.6) is 5.75 Å². The molecule has 0 unspecified atom stereocenters. The van der Waals surface area contributed by atoms with E-state index in [-0.39, 0.29) is 11.5 Å². The van der Waals surface area contributed by atoms with Crippen molar-refractivity contribution in [3.05, 3.63) is 58.4 Å². The summed E-state index contributed by atoms with van der Waals surface area (Å²) in [7, 11) is 0. The fraction of sp³-hybridized carbons (Fsp3) is 0.0714. The van der Waals surface area contributed by atoms with Crippen LogP contribution in [0.15, 0.2) is 48.0 Å². The van der Waals surface area contributed by atoms with Gasteiger partial charge in [-0.05, 0) is 36.1 Å². The lowest BCUT2D eigenvalue weighted by Crippen LogP contribution is -1.94. The third-order valence-corrected chi connectivity index (χ3v) is 3.27. The van der Waals surface area contributed by atoms with Gasteiger partial charge in [0.1, 0.15) is 5.75 Å². The Morgan fingerprint density at radius 3 is 2.94 bits per heavy atom. The average molecular weight is 259 g/mol. The minimum atomic E-state index is -0.0513. The van der Waals surface area contributed by atoms with Gasteiger partial charge in [-0.2, -0.15) is 0 Å². The van der Waals surface area contributed by atoms with E-state index in [2.05, 4.69) is 5.32 Å². The van der Waals surface area contributed by atoms with Gasteiger partial charge in [0.05, 0.1) is 10.6 Å². The zero-order chi connectivity index (χ0) is 13.0. The van der Waals surface area contributed by atoms with Crippen LogP contribution in [0.2, 0.25) is 0 Å². The Kier molecular flexibility index (Phi) is 3.79. The summed E-state index contributed by atoms with van der Waals surface area (Å²) in [4.78, 5) is 12.4. The van der Waals surface area contributed by atoms with Gasteiger partial charge in [0, 0.05) is 12.3 Å². The summed E-state index contributed by atoms with van der Waals surface area (Å²) in [5.74, 6) is 0.110. The lowest BCUT2D eigenvalue weighted by molar-refractivity contribution is 0.105. The van der Waals surface area contributed by atoms with Crippen molar-refractivity contribution >= 4 is 22.8 Å². The maximum Gasteiger partial charge on any atom is 0.197 e. The van der Waals surface area contributed by atoms with E-state index >= 15 is 0 Å². The Balaban J connectivity index is 2.03. The Labute approximate surface area is 109 Å². The molecular weight excluding hydrogens is 246 g/mol. The first kappa shape index (κ1) is 12.4. The van der Waals surface area contributed by atoms with Crippen LogP contribution in [0.4, 0.5) is 5.69 Å². The molecule has 1 aromatic heterocycles. The number of thiophene rings is 1. The van der Waals surface area contributed by atoms with Gasteiger partial charge >= 0.3 is 0 Å². The molecule has 92 valence electrons. The van der Waals surface area contributed by atoms with E-state index in [1.807, 2.05) is 30.5 Å². The van der Waals surface area contributed by atoms with E-state index in [4.69, 9.17) is 0 Å². The molecule has 18 heavy (non-hydrogen) atoms. The third kappa shape index (κ3) is 2.99. The largest absolute Gasteiger partial charge is 0.506 e. The molecule has 0 atom stereocenters. The molecule has 1 aromatic carbocycles. The molecule has 0 aliphatic heterocycles. The molecule has 3 nitrogen and oxygen atoms in total. The van der Waals surface area contributed by atoms with E-state index in [0.717, 1.165) is 5.56 Å². The van der Waals surface area contributed by atoms with E-state index in [1.54, 1.807) is 12.1 Å². The SMILES string of the molecule is Cc1ccc(O)c(N/C=C/C(=O)c2cccs2)c1. The van der Waals surface area contributed by atoms with Gasteiger partial charge in [-0.25, -0.2) is 0 Å². The molecule has 0 radical (unpaired) electrons. The Bertz CT molecular complexity index is 573. The zero-order valence-electron chi connectivity index (χ0n) is 9.88. The third-order valence-electron chi connectivity index (χ3n) is 2.39. The van der Waals surface area contributed by atoms with Gasteiger partial charge in [0.15, 0.2) is 5.78 Å². The van der Waals surface area contributed by atoms with Gasteiger partial charge in [-0.1, -0.05) is 12.1 Å². The van der Waals surface area contributed by atoms with Crippen molar-refractivity contribution in [1.82, 2.24) is 0 Å². The second-order valence-corrected chi connectivity index (χ2v) is 4.79. The van der Waals surface area contributed by atoms with Gasteiger partial charge in [-0.3, -0.25) is 4.79 Å². The number of phenols is 1. The first-order valence-electron chi connectivity index (χ1n) is 5.47. The van der Waals surface area contributed by atoms with Crippen molar-refractivity contribution < 1.29 is 9.90 Å². The second-order valence-electron chi connectivity index (χ2n) is 3.84. The fourth-order valence-electron chi connectivity index (χ4n) is 1.47. The number of benzene rings is 1. The molecule has 1 heterocycles. The number of anilines is 1. The lowest BCUT2D eigenvalue weighted by atomic mass is 10.2. The molecule has 2 N–H and O–H groups in total. The summed E-state index contributed by atoms with van der Waals surface area (Å²) < 4.78 is 0. The molecule has 0 aliphatic rings. The van der Waals surface area contributed by atoms with Crippen LogP contribution in [-0.4, -0.2) is 10.9 Å². The molecule has 0 amide bonds. The van der Waals surface area contributed by atoms with Crippen LogP contribution in [-0.2, 0) is 0 Å². The molecule has 2 rings (SSSR count). The predicted molar refractivity (Wildman–Crippen MR) is 74.3 cm³/mol. The highest BCUT2D eigenvalue weighted by Crippen LogP contribution is 2.23. The van der Waals surface area contributed by atoms with Crippen molar-refractivity contribution in [2.45, 2.75) is 6.92 Å². The number of aromatic hydroxyl groups is 1. The second kappa shape index (κ2) is 5.51. The molecule has 0 saturated heterocycles. The topological polar surface area (TPSA) is 49.3 Å². The Morgan fingerprint density at radius 2 is 2.22 bits per heavy atom. The minimum absolute atomic E-state index is 0.0513. The molecule has 0 spiro atoms. The summed E-state index contributed by atoms with van der Waals surface area (Å²) in [5.41, 5.74) is 1.62. The molecule has 2 aromatic rings. The first-order valence-corrected chi connectivity index (χ1v) is 6.35. The highest BCUT2D eigenvalue weighted by atomic mass is 32.1. The van der Waals surface area contributed by atoms with E-state index < -0.39 is 0 Å². The van der Waals surface area contributed by atoms with E-state index in [0.29, 0.717) is 10.6 Å². The molecule has 0 bridgehead atoms. The van der Waals surface area contributed by atoms with Crippen LogP contribution in [0.25, 0.3) is 0 Å². The number of hydrogen-bond donors (Lipinski definition) is 2. The Morgan fingerprint density at radius 1 is 1.39 bits per heavy atom. The van der Waals surface area contributed by atoms with E-state index in [9.17, 15) is 9.90 Å². The standard InChI is InChI=1S/C14H13NO2S/c1-10-4-5-12(16)11(9-10)15-7-6-13(17)14-3-2-8-18-14/h2-9,15-16H,1H3/b7-6+. The number of ketones is 1. The summed E-state index contributed by atoms with van der Waals surface area (Å²) in [6.07, 6.45) is 2.99. The highest BCUT2D eigenvalue weighted by molar-refractivity contribution is 7.12. The van der Waals surface area contributed by atoms with Crippen molar-refractivity contribution in [2.24, 2.45) is 0 Å². The van der Waals surface area contributed by atoms with Gasteiger partial charge in [0.25, 0.3) is 0 Å². The van der Waals surface area contributed by atoms with Gasteiger partial charge in [0.2, 0.25) is 0 Å². The predicted octanol–water partition coefficient (Wildman–Crippen LogP) is 3.57. The lowest BCUT2D eigenvalue weighted by Gasteiger charge is -2.04. The molecule has 0 aliphatic carbocycles. The normalized spacial score (nSPS) is 10.7. The van der Waals surface area contributed by atoms with E-state index in [1.165, 1.54) is 23.6 Å². The maximum atomic E-state index is 11.7. The molecule has 4 heteroatoms. The number of rotatable bonds is 4. The summed E-state index contributed by atoms with van der Waals surface area (Å²) >= 11 is 1.40. The van der Waals surface area contributed by atoms with Crippen LogP contribution in [0.3, 0.4) is 0 Å². The number of aryl methyl sites for hydroxylation is 1. The number of carbonyl (C=O) groups excluding carboxylic acids is 1. The number of phenolic OH excluding ortho intramolecular Hbond substituents is 1. The highest BCUT2D eigenvalue weighted by Gasteiger charge is 2.02. The van der Waals surface area contributed by atoms with Crippen molar-refractivity contribution in [3.63, 3.8) is 0 Å². The van der Waals surface area contributed by atoms with Crippen molar-refractivity contribution in [2.75, 3.05) is 5.32 Å². The number of hydrogen-bond acceptors (Lipinski definition) is 4. The minimum Gasteiger partial charge on any atom is -0.506 e. The molecular formula is C14H13NO2S. The number of nitrogens with one attached hydrogen (secondary N) is 1. The smallest absolute Gasteiger partial charge is 0.197 e. The fourth-order valence-corrected chi connectivity index (χ4v) is 2.12. The summed E-state index contributed by atoms with van der Waals surface area (Å²) in [6, 6.07) is 8.87. The quantitative estimate of drug-likeness (QED) is 0.501. The van der Waals surface area contributed by atoms with Gasteiger partial charge in [-0.15, -0.1) is 11.3 Å². The van der Waals surface area contributed by atoms with Crippen LogP contribution < -0.4 is 5.32 Å².